The first-order chi connectivity index (χ1) is 11.5. The number of rotatable bonds is 4. The van der Waals surface area contributed by atoms with Crippen molar-refractivity contribution in [3.63, 3.8) is 0 Å². The van der Waals surface area contributed by atoms with Crippen molar-refractivity contribution in [2.45, 2.75) is 19.9 Å². The molecule has 3 aromatic rings. The van der Waals surface area contributed by atoms with Crippen molar-refractivity contribution >= 4 is 16.9 Å². The first-order valence-electron chi connectivity index (χ1n) is 7.57. The zero-order chi connectivity index (χ0) is 17.3. The fraction of sp³-hybridized carbons (Fsp3) is 0.222. The van der Waals surface area contributed by atoms with Crippen LogP contribution in [0.25, 0.3) is 11.0 Å². The maximum atomic E-state index is 12.3. The van der Waals surface area contributed by atoms with Gasteiger partial charge in [0.2, 0.25) is 0 Å². The van der Waals surface area contributed by atoms with Gasteiger partial charge in [-0.3, -0.25) is 9.59 Å². The summed E-state index contributed by atoms with van der Waals surface area (Å²) < 4.78 is 11.1. The number of pyridine rings is 1. The number of aryl methyl sites for hydroxylation is 1. The maximum absolute atomic E-state index is 12.3. The summed E-state index contributed by atoms with van der Waals surface area (Å²) in [4.78, 5) is 26.8. The summed E-state index contributed by atoms with van der Waals surface area (Å²) in [5.74, 6) is 0.773. The Morgan fingerprint density at radius 1 is 1.29 bits per heavy atom. The lowest BCUT2D eigenvalue weighted by Crippen LogP contribution is -2.31. The topological polar surface area (TPSA) is 84.3 Å². The number of benzene rings is 1. The van der Waals surface area contributed by atoms with Gasteiger partial charge in [-0.25, -0.2) is 0 Å². The molecule has 124 valence electrons. The molecule has 1 atom stereocenters. The maximum Gasteiger partial charge on any atom is 0.260 e. The second-order valence-electron chi connectivity index (χ2n) is 5.61. The fourth-order valence-corrected chi connectivity index (χ4v) is 2.53. The van der Waals surface area contributed by atoms with E-state index in [-0.39, 0.29) is 5.56 Å². The molecule has 0 aliphatic carbocycles. The smallest absolute Gasteiger partial charge is 0.260 e. The number of hydrogen-bond donors (Lipinski definition) is 2. The van der Waals surface area contributed by atoms with Crippen LogP contribution in [0.2, 0.25) is 0 Å². The van der Waals surface area contributed by atoms with Gasteiger partial charge in [-0.1, -0.05) is 12.1 Å². The zero-order valence-electron chi connectivity index (χ0n) is 13.7. The number of fused-ring (bicyclic) bond motifs is 1. The van der Waals surface area contributed by atoms with Crippen LogP contribution in [0, 0.1) is 6.92 Å². The van der Waals surface area contributed by atoms with Gasteiger partial charge < -0.3 is 19.5 Å². The van der Waals surface area contributed by atoms with Gasteiger partial charge >= 0.3 is 0 Å². The number of carbonyl (C=O) groups is 1. The molecule has 0 radical (unpaired) electrons. The van der Waals surface area contributed by atoms with E-state index in [2.05, 4.69) is 10.3 Å². The van der Waals surface area contributed by atoms with Gasteiger partial charge in [0.15, 0.2) is 11.3 Å². The number of amides is 1. The summed E-state index contributed by atoms with van der Waals surface area (Å²) in [6.07, 6.45) is 0. The number of nitrogens with one attached hydrogen (secondary N) is 2. The first kappa shape index (κ1) is 15.9. The van der Waals surface area contributed by atoms with Crippen molar-refractivity contribution in [3.05, 3.63) is 63.8 Å². The number of carbonyl (C=O) groups excluding carboxylic acids is 1. The number of furan rings is 1. The van der Waals surface area contributed by atoms with Gasteiger partial charge in [-0.15, -0.1) is 0 Å². The SMILES string of the molecule is COc1cccc2cc([C@@H](C)NC(=O)c3ccc(C)[nH]c3=O)oc12. The van der Waals surface area contributed by atoms with E-state index < -0.39 is 17.5 Å². The first-order valence-corrected chi connectivity index (χ1v) is 7.57. The Labute approximate surface area is 138 Å². The summed E-state index contributed by atoms with van der Waals surface area (Å²) >= 11 is 0. The second-order valence-corrected chi connectivity index (χ2v) is 5.61. The normalized spacial score (nSPS) is 12.1. The lowest BCUT2D eigenvalue weighted by atomic mass is 10.2. The van der Waals surface area contributed by atoms with Crippen LogP contribution in [-0.4, -0.2) is 18.0 Å². The molecule has 0 unspecified atom stereocenters. The van der Waals surface area contributed by atoms with Gasteiger partial charge in [0, 0.05) is 11.1 Å². The van der Waals surface area contributed by atoms with Crippen LogP contribution in [0.1, 0.15) is 34.8 Å². The third-order valence-electron chi connectivity index (χ3n) is 3.82. The van der Waals surface area contributed by atoms with Crippen molar-refractivity contribution in [1.29, 1.82) is 0 Å². The molecule has 6 heteroatoms. The van der Waals surface area contributed by atoms with Gasteiger partial charge in [0.05, 0.1) is 13.2 Å². The van der Waals surface area contributed by atoms with Crippen molar-refractivity contribution in [3.8, 4) is 5.75 Å². The Morgan fingerprint density at radius 3 is 2.79 bits per heavy atom. The summed E-state index contributed by atoms with van der Waals surface area (Å²) in [6.45, 7) is 3.55. The number of aromatic amines is 1. The summed E-state index contributed by atoms with van der Waals surface area (Å²) in [6, 6.07) is 10.2. The fourth-order valence-electron chi connectivity index (χ4n) is 2.53. The Bertz CT molecular complexity index is 955. The average molecular weight is 326 g/mol. The minimum atomic E-state index is -0.448. The minimum absolute atomic E-state index is 0.0705. The van der Waals surface area contributed by atoms with Crippen LogP contribution >= 0.6 is 0 Å². The second kappa shape index (κ2) is 6.23. The summed E-state index contributed by atoms with van der Waals surface area (Å²) in [7, 11) is 1.58. The quantitative estimate of drug-likeness (QED) is 0.772. The van der Waals surface area contributed by atoms with E-state index in [0.29, 0.717) is 22.8 Å². The molecule has 0 bridgehead atoms. The predicted molar refractivity (Wildman–Crippen MR) is 90.4 cm³/mol. The zero-order valence-corrected chi connectivity index (χ0v) is 13.7. The highest BCUT2D eigenvalue weighted by Gasteiger charge is 2.18. The molecule has 6 nitrogen and oxygen atoms in total. The number of hydrogen-bond acceptors (Lipinski definition) is 4. The molecule has 2 aromatic heterocycles. The van der Waals surface area contributed by atoms with E-state index in [0.717, 1.165) is 5.39 Å². The number of para-hydroxylation sites is 1. The van der Waals surface area contributed by atoms with Crippen LogP contribution in [0.3, 0.4) is 0 Å². The lowest BCUT2D eigenvalue weighted by molar-refractivity contribution is 0.0934. The van der Waals surface area contributed by atoms with E-state index >= 15 is 0 Å². The van der Waals surface area contributed by atoms with Crippen LogP contribution in [0.4, 0.5) is 0 Å². The number of H-pyrrole nitrogens is 1. The Kier molecular flexibility index (Phi) is 4.12. The highest BCUT2D eigenvalue weighted by Crippen LogP contribution is 2.30. The van der Waals surface area contributed by atoms with Crippen molar-refractivity contribution in [2.75, 3.05) is 7.11 Å². The Hall–Kier alpha value is -3.02. The van der Waals surface area contributed by atoms with Gasteiger partial charge in [0.25, 0.3) is 11.5 Å². The number of ether oxygens (including phenoxy) is 1. The highest BCUT2D eigenvalue weighted by atomic mass is 16.5. The minimum Gasteiger partial charge on any atom is -0.493 e. The Balaban J connectivity index is 1.85. The molecule has 24 heavy (non-hydrogen) atoms. The molecule has 0 aliphatic heterocycles. The molecule has 1 aromatic carbocycles. The third-order valence-corrected chi connectivity index (χ3v) is 3.82. The molecule has 2 heterocycles. The van der Waals surface area contributed by atoms with Crippen molar-refractivity contribution < 1.29 is 13.9 Å². The standard InChI is InChI=1S/C18H18N2O4/c1-10-7-8-13(17(21)19-10)18(22)20-11(2)15-9-12-5-4-6-14(23-3)16(12)24-15/h4-9,11H,1-3H3,(H,19,21)(H,20,22)/t11-/m1/s1. The largest absolute Gasteiger partial charge is 0.493 e. The predicted octanol–water partition coefficient (Wildman–Crippen LogP) is 2.93. The van der Waals surface area contributed by atoms with Gasteiger partial charge in [-0.05, 0) is 38.1 Å². The summed E-state index contributed by atoms with van der Waals surface area (Å²) in [5.41, 5.74) is 0.991. The lowest BCUT2D eigenvalue weighted by Gasteiger charge is -2.11. The molecule has 2 N–H and O–H groups in total. The van der Waals surface area contributed by atoms with Crippen LogP contribution in [0.15, 0.2) is 45.6 Å². The van der Waals surface area contributed by atoms with Crippen molar-refractivity contribution in [1.82, 2.24) is 10.3 Å². The molecule has 0 saturated heterocycles. The summed E-state index contributed by atoms with van der Waals surface area (Å²) in [5, 5.41) is 3.67. The van der Waals surface area contributed by atoms with E-state index in [4.69, 9.17) is 9.15 Å². The molecular formula is C18H18N2O4. The molecule has 0 spiro atoms. The van der Waals surface area contributed by atoms with Crippen LogP contribution < -0.4 is 15.6 Å². The average Bonchev–Trinajstić information content (AvgIpc) is 2.98. The van der Waals surface area contributed by atoms with Crippen molar-refractivity contribution in [2.24, 2.45) is 0 Å². The molecule has 0 aliphatic rings. The number of methoxy groups -OCH3 is 1. The molecular weight excluding hydrogens is 308 g/mol. The van der Waals surface area contributed by atoms with Crippen LogP contribution in [0.5, 0.6) is 5.75 Å². The van der Waals surface area contributed by atoms with Crippen LogP contribution in [-0.2, 0) is 0 Å². The van der Waals surface area contributed by atoms with Gasteiger partial charge in [0.1, 0.15) is 11.3 Å². The van der Waals surface area contributed by atoms with E-state index in [9.17, 15) is 9.59 Å². The van der Waals surface area contributed by atoms with Gasteiger partial charge in [-0.2, -0.15) is 0 Å². The molecule has 3 rings (SSSR count). The molecule has 0 fully saturated rings. The molecule has 0 saturated carbocycles. The van der Waals surface area contributed by atoms with E-state index in [1.165, 1.54) is 6.07 Å². The molecule has 1 amide bonds. The van der Waals surface area contributed by atoms with E-state index in [1.54, 1.807) is 27.0 Å². The third kappa shape index (κ3) is 2.90. The monoisotopic (exact) mass is 326 g/mol. The number of aromatic nitrogens is 1. The van der Waals surface area contributed by atoms with E-state index in [1.807, 2.05) is 24.3 Å². The highest BCUT2D eigenvalue weighted by molar-refractivity contribution is 5.94. The Morgan fingerprint density at radius 2 is 2.08 bits per heavy atom.